The van der Waals surface area contributed by atoms with Crippen molar-refractivity contribution < 1.29 is 16.5 Å². The Hall–Kier alpha value is 0.372. The van der Waals surface area contributed by atoms with Crippen LogP contribution in [0.3, 0.4) is 0 Å². The summed E-state index contributed by atoms with van der Waals surface area (Å²) in [6.07, 6.45) is 1.26. The van der Waals surface area contributed by atoms with Gasteiger partial charge in [0.1, 0.15) is 0 Å². The van der Waals surface area contributed by atoms with E-state index in [0.29, 0.717) is 6.42 Å². The van der Waals surface area contributed by atoms with Crippen LogP contribution in [-0.2, 0) is 11.4 Å². The third-order valence-electron chi connectivity index (χ3n) is 2.74. The molecular weight excluding hydrogens is 235 g/mol. The summed E-state index contributed by atoms with van der Waals surface area (Å²) in [7, 11) is 0. The zero-order valence-corrected chi connectivity index (χ0v) is 13.0. The lowest BCUT2D eigenvalue weighted by molar-refractivity contribution is -0.0990. The molecule has 0 radical (unpaired) electrons. The Bertz CT molecular complexity index is 253. The fourth-order valence-corrected chi connectivity index (χ4v) is 4.21. The zero-order chi connectivity index (χ0) is 13.3. The minimum Gasteiger partial charge on any atom is -0.452 e. The lowest BCUT2D eigenvalue weighted by atomic mass is 10.0. The Kier molecular flexibility index (Phi) is 5.05. The molecule has 0 aromatic heterocycles. The number of aliphatic hydroxyl groups excluding tert-OH is 1. The van der Waals surface area contributed by atoms with Crippen molar-refractivity contribution >= 4 is 15.1 Å². The molecule has 0 amide bonds. The molecule has 17 heavy (non-hydrogen) atoms. The third-order valence-corrected chi connectivity index (χ3v) is 5.09. The van der Waals surface area contributed by atoms with Crippen LogP contribution < -0.4 is 0 Å². The van der Waals surface area contributed by atoms with Crippen molar-refractivity contribution in [3.63, 3.8) is 0 Å². The van der Waals surface area contributed by atoms with Gasteiger partial charge in [-0.3, -0.25) is 0 Å². The van der Waals surface area contributed by atoms with Crippen molar-refractivity contribution in [2.24, 2.45) is 0 Å². The maximum atomic E-state index is 9.43. The highest BCUT2D eigenvalue weighted by Crippen LogP contribution is 2.29. The Labute approximate surface area is 110 Å². The highest BCUT2D eigenvalue weighted by atomic mass is 27.3. The van der Waals surface area contributed by atoms with Gasteiger partial charge >= 0.3 is 15.1 Å². The van der Waals surface area contributed by atoms with Crippen molar-refractivity contribution in [3.05, 3.63) is 0 Å². The fraction of sp³-hybridized carbons (Fsp3) is 1.00. The molecule has 0 aliphatic carbocycles. The summed E-state index contributed by atoms with van der Waals surface area (Å²) in [5.41, 5.74) is -0.576. The number of rotatable bonds is 4. The molecule has 1 rings (SSSR count). The van der Waals surface area contributed by atoms with Crippen LogP contribution >= 0.6 is 0 Å². The molecule has 5 heteroatoms. The zero-order valence-electron chi connectivity index (χ0n) is 11.8. The van der Waals surface area contributed by atoms with Crippen LogP contribution in [0.4, 0.5) is 0 Å². The number of aliphatic hydroxyl groups is 1. The van der Waals surface area contributed by atoms with E-state index in [1.165, 1.54) is 0 Å². The average Bonchev–Trinajstić information content (AvgIpc) is 1.93. The molecule has 2 unspecified atom stereocenters. The second-order valence-corrected chi connectivity index (χ2v) is 7.57. The molecule has 0 saturated carbocycles. The minimum atomic E-state index is -2.10. The summed E-state index contributed by atoms with van der Waals surface area (Å²) in [5, 5.41) is 9.43. The van der Waals surface area contributed by atoms with E-state index in [4.69, 9.17) is 11.4 Å². The van der Waals surface area contributed by atoms with Gasteiger partial charge in [0.05, 0.1) is 6.10 Å². The summed E-state index contributed by atoms with van der Waals surface area (Å²) in [5.74, 6) is 0. The second kappa shape index (κ2) is 5.56. The van der Waals surface area contributed by atoms with Crippen LogP contribution in [-0.4, -0.2) is 43.7 Å². The van der Waals surface area contributed by atoms with Gasteiger partial charge < -0.3 is 16.5 Å². The predicted molar refractivity (Wildman–Crippen MR) is 67.5 cm³/mol. The van der Waals surface area contributed by atoms with Gasteiger partial charge in [0.25, 0.3) is 0 Å². The van der Waals surface area contributed by atoms with Gasteiger partial charge in [0, 0.05) is 17.3 Å². The van der Waals surface area contributed by atoms with Gasteiger partial charge in [0.15, 0.2) is 0 Å². The van der Waals surface area contributed by atoms with Crippen LogP contribution in [0, 0.1) is 0 Å². The van der Waals surface area contributed by atoms with Gasteiger partial charge in [-0.25, -0.2) is 0 Å². The molecule has 0 aromatic carbocycles. The second-order valence-electron chi connectivity index (χ2n) is 6.25. The Morgan fingerprint density at radius 3 is 2.59 bits per heavy atom. The smallest absolute Gasteiger partial charge is 0.452 e. The van der Waals surface area contributed by atoms with E-state index in [9.17, 15) is 5.11 Å². The molecule has 2 atom stereocenters. The monoisotopic (exact) mass is 260 g/mol. The standard InChI is InChI=1S/C6H13O2.C6H12O2.Al/c2*1-5(7)4-6(2,3)8;/h5,7H,4H2,1-3H3;5H,4H2,1-3H3;/q-1;-2;+3. The van der Waals surface area contributed by atoms with Gasteiger partial charge in [0.2, 0.25) is 0 Å². The summed E-state index contributed by atoms with van der Waals surface area (Å²) in [6.45, 7) is 11.9. The number of hydrogen-bond acceptors (Lipinski definition) is 4. The highest BCUT2D eigenvalue weighted by Gasteiger charge is 2.47. The first-order valence-corrected chi connectivity index (χ1v) is 7.70. The highest BCUT2D eigenvalue weighted by molar-refractivity contribution is 6.37. The van der Waals surface area contributed by atoms with Gasteiger partial charge in [-0.1, -0.05) is 0 Å². The van der Waals surface area contributed by atoms with E-state index in [1.54, 1.807) is 6.92 Å². The molecule has 1 aliphatic rings. The van der Waals surface area contributed by atoms with Crippen LogP contribution in [0.5, 0.6) is 0 Å². The van der Waals surface area contributed by atoms with Crippen LogP contribution in [0.15, 0.2) is 0 Å². The van der Waals surface area contributed by atoms with E-state index < -0.39 is 20.8 Å². The molecule has 1 aliphatic heterocycles. The first-order valence-electron chi connectivity index (χ1n) is 6.29. The molecule has 0 spiro atoms. The van der Waals surface area contributed by atoms with E-state index in [-0.39, 0.29) is 17.8 Å². The number of hydrogen-bond donors (Lipinski definition) is 1. The predicted octanol–water partition coefficient (Wildman–Crippen LogP) is 2.14. The minimum absolute atomic E-state index is 0.171. The molecule has 1 heterocycles. The Morgan fingerprint density at radius 1 is 1.53 bits per heavy atom. The molecule has 0 bridgehead atoms. The van der Waals surface area contributed by atoms with Gasteiger partial charge in [-0.2, -0.15) is 0 Å². The molecule has 1 saturated heterocycles. The Balaban J connectivity index is 2.56. The molecular formula is C12H25AlO4. The molecule has 0 aromatic rings. The molecule has 100 valence electrons. The normalized spacial score (nSPS) is 27.0. The average molecular weight is 260 g/mol. The van der Waals surface area contributed by atoms with Crippen LogP contribution in [0.1, 0.15) is 54.4 Å². The quantitative estimate of drug-likeness (QED) is 0.787. The van der Waals surface area contributed by atoms with E-state index in [2.05, 4.69) is 20.8 Å². The maximum absolute atomic E-state index is 9.43. The van der Waals surface area contributed by atoms with Gasteiger partial charge in [-0.15, -0.1) is 0 Å². The fourth-order valence-electron chi connectivity index (χ4n) is 2.34. The third kappa shape index (κ3) is 5.69. The van der Waals surface area contributed by atoms with Crippen LogP contribution in [0.2, 0.25) is 0 Å². The largest absolute Gasteiger partial charge is 0.906 e. The van der Waals surface area contributed by atoms with E-state index in [1.807, 2.05) is 13.8 Å². The SMILES string of the molecule is CC(O)CC(C)(C)[O][Al]1[O]C(C)CC(C)(C)[O]1. The first kappa shape index (κ1) is 15.4. The van der Waals surface area contributed by atoms with Crippen molar-refractivity contribution in [1.82, 2.24) is 0 Å². The lowest BCUT2D eigenvalue weighted by Gasteiger charge is -2.40. The topological polar surface area (TPSA) is 47.9 Å². The van der Waals surface area contributed by atoms with Crippen molar-refractivity contribution in [3.8, 4) is 0 Å². The van der Waals surface area contributed by atoms with E-state index >= 15 is 0 Å². The maximum Gasteiger partial charge on any atom is 0.906 e. The molecule has 1 fully saturated rings. The first-order chi connectivity index (χ1) is 7.60. The van der Waals surface area contributed by atoms with Crippen LogP contribution in [0.25, 0.3) is 0 Å². The van der Waals surface area contributed by atoms with E-state index in [0.717, 1.165) is 6.42 Å². The summed E-state index contributed by atoms with van der Waals surface area (Å²) >= 11 is -2.10. The lowest BCUT2D eigenvalue weighted by Crippen LogP contribution is -2.50. The van der Waals surface area contributed by atoms with Crippen molar-refractivity contribution in [1.29, 1.82) is 0 Å². The molecule has 1 N–H and O–H groups in total. The van der Waals surface area contributed by atoms with Gasteiger partial charge in [-0.05, 0) is 54.4 Å². The van der Waals surface area contributed by atoms with Crippen molar-refractivity contribution in [2.45, 2.75) is 77.8 Å². The Morgan fingerprint density at radius 2 is 2.12 bits per heavy atom. The summed E-state index contributed by atoms with van der Waals surface area (Å²) < 4.78 is 17.6. The van der Waals surface area contributed by atoms with Crippen molar-refractivity contribution in [2.75, 3.05) is 0 Å². The summed E-state index contributed by atoms with van der Waals surface area (Å²) in [6, 6.07) is 0. The summed E-state index contributed by atoms with van der Waals surface area (Å²) in [4.78, 5) is 0. The molecule has 4 nitrogen and oxygen atoms in total.